The van der Waals surface area contributed by atoms with Crippen molar-refractivity contribution in [3.8, 4) is 11.3 Å². The molecule has 0 atom stereocenters. The fraction of sp³-hybridized carbons (Fsp3) is 0. The van der Waals surface area contributed by atoms with Crippen LogP contribution in [0.5, 0.6) is 0 Å². The quantitative estimate of drug-likeness (QED) is 0.402. The smallest absolute Gasteiger partial charge is 0.336 e. The Balaban J connectivity index is 1.66. The Morgan fingerprint density at radius 1 is 1.10 bits per heavy atom. The number of aromatic carboxylic acids is 1. The van der Waals surface area contributed by atoms with E-state index in [0.717, 1.165) is 0 Å². The molecule has 0 aliphatic heterocycles. The summed E-state index contributed by atoms with van der Waals surface area (Å²) < 4.78 is 27.7. The summed E-state index contributed by atoms with van der Waals surface area (Å²) in [7, 11) is -3.96. The highest BCUT2D eigenvalue weighted by Gasteiger charge is 2.20. The fourth-order valence-corrected chi connectivity index (χ4v) is 4.69. The van der Waals surface area contributed by atoms with E-state index in [4.69, 9.17) is 23.2 Å². The van der Waals surface area contributed by atoms with Crippen LogP contribution in [-0.2, 0) is 10.0 Å². The Morgan fingerprint density at radius 2 is 1.83 bits per heavy atom. The first-order valence-electron chi connectivity index (χ1n) is 8.41. The summed E-state index contributed by atoms with van der Waals surface area (Å²) in [6.45, 7) is 0. The number of hydrogen-bond donors (Lipinski definition) is 3. The van der Waals surface area contributed by atoms with E-state index in [1.54, 1.807) is 12.1 Å². The van der Waals surface area contributed by atoms with Gasteiger partial charge in [-0.2, -0.15) is 5.10 Å². The lowest BCUT2D eigenvalue weighted by molar-refractivity contribution is 0.0699. The average Bonchev–Trinajstić information content (AvgIpc) is 3.18. The molecule has 4 aromatic rings. The van der Waals surface area contributed by atoms with Gasteiger partial charge < -0.3 is 5.11 Å². The number of carboxylic acid groups (broad SMARTS) is 1. The van der Waals surface area contributed by atoms with Crippen LogP contribution in [-0.4, -0.2) is 34.7 Å². The minimum Gasteiger partial charge on any atom is -0.478 e. The molecule has 0 aliphatic rings. The van der Waals surface area contributed by atoms with Gasteiger partial charge in [0.05, 0.1) is 32.9 Å². The first kappa shape index (κ1) is 20.1. The highest BCUT2D eigenvalue weighted by molar-refractivity contribution is 7.92. The lowest BCUT2D eigenvalue weighted by Crippen LogP contribution is -2.13. The Kier molecular flexibility index (Phi) is 5.10. The van der Waals surface area contributed by atoms with E-state index >= 15 is 0 Å². The molecular weight excluding hydrogens is 451 g/mol. The van der Waals surface area contributed by atoms with Crippen molar-refractivity contribution in [1.82, 2.24) is 15.2 Å². The monoisotopic (exact) mass is 462 g/mol. The maximum absolute atomic E-state index is 12.6. The number of halogens is 2. The summed E-state index contributed by atoms with van der Waals surface area (Å²) in [5.74, 6) is -1.10. The normalized spacial score (nSPS) is 11.5. The van der Waals surface area contributed by atoms with Crippen LogP contribution in [0.3, 0.4) is 0 Å². The Labute approximate surface area is 180 Å². The van der Waals surface area contributed by atoms with Gasteiger partial charge in [0, 0.05) is 11.3 Å². The second-order valence-electron chi connectivity index (χ2n) is 6.23. The first-order valence-corrected chi connectivity index (χ1v) is 10.6. The number of pyridine rings is 1. The summed E-state index contributed by atoms with van der Waals surface area (Å²) in [6.07, 6.45) is 1.40. The molecule has 4 rings (SSSR count). The average molecular weight is 463 g/mol. The van der Waals surface area contributed by atoms with Gasteiger partial charge >= 0.3 is 5.97 Å². The number of benzene rings is 2. The molecule has 0 bridgehead atoms. The molecule has 11 heteroatoms. The molecule has 8 nitrogen and oxygen atoms in total. The number of aromatic amines is 1. The molecule has 2 aromatic heterocycles. The van der Waals surface area contributed by atoms with Crippen LogP contribution in [0.1, 0.15) is 10.4 Å². The van der Waals surface area contributed by atoms with Crippen LogP contribution in [0, 0.1) is 0 Å². The van der Waals surface area contributed by atoms with E-state index in [-0.39, 0.29) is 26.2 Å². The highest BCUT2D eigenvalue weighted by atomic mass is 35.5. The maximum atomic E-state index is 12.6. The van der Waals surface area contributed by atoms with Crippen LogP contribution < -0.4 is 4.72 Å². The number of nitrogens with one attached hydrogen (secondary N) is 2. The van der Waals surface area contributed by atoms with Crippen LogP contribution in [0.2, 0.25) is 10.0 Å². The Morgan fingerprint density at radius 3 is 2.53 bits per heavy atom. The van der Waals surface area contributed by atoms with Gasteiger partial charge in [0.25, 0.3) is 10.0 Å². The number of carbonyl (C=O) groups is 1. The number of aromatic nitrogens is 3. The van der Waals surface area contributed by atoms with Crippen LogP contribution >= 0.6 is 23.2 Å². The molecule has 2 heterocycles. The lowest BCUT2D eigenvalue weighted by Gasteiger charge is -2.11. The Hall–Kier alpha value is -3.14. The number of rotatable bonds is 5. The van der Waals surface area contributed by atoms with E-state index < -0.39 is 16.0 Å². The molecule has 152 valence electrons. The zero-order chi connectivity index (χ0) is 21.5. The van der Waals surface area contributed by atoms with Gasteiger partial charge in [0.2, 0.25) is 0 Å². The molecule has 0 spiro atoms. The zero-order valence-corrected chi connectivity index (χ0v) is 17.3. The van der Waals surface area contributed by atoms with E-state index in [9.17, 15) is 18.3 Å². The molecule has 2 aromatic carbocycles. The summed E-state index contributed by atoms with van der Waals surface area (Å²) in [6, 6.07) is 12.1. The van der Waals surface area contributed by atoms with Gasteiger partial charge in [-0.25, -0.2) is 18.2 Å². The predicted molar refractivity (Wildman–Crippen MR) is 114 cm³/mol. The van der Waals surface area contributed by atoms with Gasteiger partial charge in [-0.3, -0.25) is 9.82 Å². The van der Waals surface area contributed by atoms with Gasteiger partial charge in [-0.05, 0) is 30.3 Å². The van der Waals surface area contributed by atoms with Crippen molar-refractivity contribution in [1.29, 1.82) is 0 Å². The van der Waals surface area contributed by atoms with E-state index in [0.29, 0.717) is 22.3 Å². The highest BCUT2D eigenvalue weighted by Crippen LogP contribution is 2.31. The molecule has 0 fully saturated rings. The third-order valence-electron chi connectivity index (χ3n) is 4.29. The molecule has 0 unspecified atom stereocenters. The van der Waals surface area contributed by atoms with Crippen LogP contribution in [0.15, 0.2) is 59.6 Å². The predicted octanol–water partition coefficient (Wildman–Crippen LogP) is 4.43. The second kappa shape index (κ2) is 7.60. The van der Waals surface area contributed by atoms with Gasteiger partial charge in [-0.1, -0.05) is 41.4 Å². The third-order valence-corrected chi connectivity index (χ3v) is 6.65. The van der Waals surface area contributed by atoms with Crippen molar-refractivity contribution in [2.24, 2.45) is 0 Å². The number of H-pyrrole nitrogens is 1. The topological polar surface area (TPSA) is 125 Å². The molecular formula is C19H12Cl2N4O4S. The van der Waals surface area contributed by atoms with Crippen LogP contribution in [0.25, 0.3) is 22.3 Å². The molecule has 0 radical (unpaired) electrons. The summed E-state index contributed by atoms with van der Waals surface area (Å²) >= 11 is 11.9. The van der Waals surface area contributed by atoms with Crippen molar-refractivity contribution in [3.63, 3.8) is 0 Å². The minimum absolute atomic E-state index is 0.0594. The van der Waals surface area contributed by atoms with Crippen molar-refractivity contribution in [3.05, 3.63) is 70.3 Å². The first-order chi connectivity index (χ1) is 14.3. The summed E-state index contributed by atoms with van der Waals surface area (Å²) in [4.78, 5) is 15.8. The standard InChI is InChI=1S/C19H12Cl2N4O4S/c20-14-2-1-3-16(17(14)21)30(28,29)25-11-6-4-10(5-7-11)15-8-12(19(26)27)13-9-22-24-18(13)23-15/h1-9,25H,(H,26,27)(H,22,23,24). The van der Waals surface area contributed by atoms with Crippen molar-refractivity contribution < 1.29 is 18.3 Å². The van der Waals surface area contributed by atoms with Crippen LogP contribution in [0.4, 0.5) is 5.69 Å². The van der Waals surface area contributed by atoms with Crippen molar-refractivity contribution in [2.45, 2.75) is 4.90 Å². The van der Waals surface area contributed by atoms with E-state index in [2.05, 4.69) is 19.9 Å². The number of sulfonamides is 1. The van der Waals surface area contributed by atoms with Crippen molar-refractivity contribution in [2.75, 3.05) is 4.72 Å². The SMILES string of the molecule is O=C(O)c1cc(-c2ccc(NS(=O)(=O)c3cccc(Cl)c3Cl)cc2)nc2[nH]ncc12. The molecule has 3 N–H and O–H groups in total. The van der Waals surface area contributed by atoms with E-state index in [1.807, 2.05) is 0 Å². The zero-order valence-electron chi connectivity index (χ0n) is 14.9. The number of nitrogens with zero attached hydrogens (tertiary/aromatic N) is 2. The molecule has 0 saturated heterocycles. The molecule has 0 aliphatic carbocycles. The second-order valence-corrected chi connectivity index (χ2v) is 8.66. The van der Waals surface area contributed by atoms with Gasteiger partial charge in [-0.15, -0.1) is 0 Å². The lowest BCUT2D eigenvalue weighted by atomic mass is 10.1. The number of hydrogen-bond acceptors (Lipinski definition) is 5. The number of carboxylic acids is 1. The van der Waals surface area contributed by atoms with Gasteiger partial charge in [0.1, 0.15) is 4.90 Å². The number of anilines is 1. The molecule has 0 saturated carbocycles. The largest absolute Gasteiger partial charge is 0.478 e. The maximum Gasteiger partial charge on any atom is 0.336 e. The van der Waals surface area contributed by atoms with Crippen molar-refractivity contribution >= 4 is 55.9 Å². The Bertz CT molecular complexity index is 1390. The number of fused-ring (bicyclic) bond motifs is 1. The van der Waals surface area contributed by atoms with E-state index in [1.165, 1.54) is 42.6 Å². The fourth-order valence-electron chi connectivity index (χ4n) is 2.86. The molecule has 30 heavy (non-hydrogen) atoms. The molecule has 0 amide bonds. The third kappa shape index (κ3) is 3.70. The van der Waals surface area contributed by atoms with Gasteiger partial charge in [0.15, 0.2) is 5.65 Å². The summed E-state index contributed by atoms with van der Waals surface area (Å²) in [5, 5.41) is 16.4. The summed E-state index contributed by atoms with van der Waals surface area (Å²) in [5.41, 5.74) is 1.68. The minimum atomic E-state index is -3.96.